The van der Waals surface area contributed by atoms with Crippen molar-refractivity contribution in [2.75, 3.05) is 0 Å². The maximum Gasteiger partial charge on any atom is 0.271 e. The van der Waals surface area contributed by atoms with Crippen molar-refractivity contribution in [1.82, 2.24) is 5.43 Å². The summed E-state index contributed by atoms with van der Waals surface area (Å²) in [5.41, 5.74) is 5.95. The van der Waals surface area contributed by atoms with Crippen molar-refractivity contribution in [2.24, 2.45) is 5.10 Å². The van der Waals surface area contributed by atoms with Crippen molar-refractivity contribution in [3.05, 3.63) is 64.7 Å². The summed E-state index contributed by atoms with van der Waals surface area (Å²) in [6.45, 7) is 3.96. The maximum absolute atomic E-state index is 11.9. The van der Waals surface area contributed by atoms with E-state index in [2.05, 4.69) is 10.5 Å². The smallest absolute Gasteiger partial charge is 0.271 e. The number of hydrogen-bond acceptors (Lipinski definition) is 3. The first kappa shape index (κ1) is 13.8. The minimum absolute atomic E-state index is 0.162. The number of nitrogens with one attached hydrogen (secondary N) is 1. The lowest BCUT2D eigenvalue weighted by Gasteiger charge is -2.03. The van der Waals surface area contributed by atoms with E-state index in [9.17, 15) is 9.90 Å². The topological polar surface area (TPSA) is 61.7 Å². The number of benzene rings is 2. The van der Waals surface area contributed by atoms with Crippen molar-refractivity contribution in [2.45, 2.75) is 13.8 Å². The Morgan fingerprint density at radius 1 is 1.15 bits per heavy atom. The van der Waals surface area contributed by atoms with Gasteiger partial charge in [-0.2, -0.15) is 5.10 Å². The highest BCUT2D eigenvalue weighted by Gasteiger charge is 2.04. The summed E-state index contributed by atoms with van der Waals surface area (Å²) in [6, 6.07) is 12.1. The quantitative estimate of drug-likeness (QED) is 0.664. The van der Waals surface area contributed by atoms with E-state index in [1.165, 1.54) is 6.21 Å². The molecule has 4 heteroatoms. The van der Waals surface area contributed by atoms with Gasteiger partial charge in [0.05, 0.1) is 6.21 Å². The summed E-state index contributed by atoms with van der Waals surface area (Å²) in [4.78, 5) is 11.9. The van der Waals surface area contributed by atoms with Crippen LogP contribution in [0, 0.1) is 13.8 Å². The molecule has 2 aromatic carbocycles. The van der Waals surface area contributed by atoms with E-state index < -0.39 is 0 Å². The number of aryl methyl sites for hydroxylation is 2. The van der Waals surface area contributed by atoms with E-state index in [1.807, 2.05) is 26.0 Å². The van der Waals surface area contributed by atoms with Crippen molar-refractivity contribution >= 4 is 12.1 Å². The normalized spacial score (nSPS) is 10.7. The van der Waals surface area contributed by atoms with Gasteiger partial charge in [-0.05, 0) is 54.8 Å². The zero-order valence-corrected chi connectivity index (χ0v) is 11.4. The highest BCUT2D eigenvalue weighted by atomic mass is 16.3. The lowest BCUT2D eigenvalue weighted by molar-refractivity contribution is 0.0955. The van der Waals surface area contributed by atoms with E-state index in [-0.39, 0.29) is 11.7 Å². The van der Waals surface area contributed by atoms with Crippen LogP contribution in [0.5, 0.6) is 5.75 Å². The standard InChI is InChI=1S/C16H16N2O2/c1-11-6-7-14(8-12(11)2)16(20)18-17-10-13-4-3-5-15(19)9-13/h3-10,19H,1-2H3,(H,18,20)/b17-10+. The Labute approximate surface area is 117 Å². The van der Waals surface area contributed by atoms with E-state index in [0.29, 0.717) is 11.1 Å². The number of amides is 1. The number of hydrogen-bond donors (Lipinski definition) is 2. The number of rotatable bonds is 3. The number of nitrogens with zero attached hydrogens (tertiary/aromatic N) is 1. The van der Waals surface area contributed by atoms with Gasteiger partial charge in [0, 0.05) is 5.56 Å². The number of aromatic hydroxyl groups is 1. The van der Waals surface area contributed by atoms with Gasteiger partial charge in [-0.3, -0.25) is 4.79 Å². The van der Waals surface area contributed by atoms with E-state index >= 15 is 0 Å². The summed E-state index contributed by atoms with van der Waals surface area (Å²) in [5, 5.41) is 13.2. The van der Waals surface area contributed by atoms with Crippen LogP contribution in [0.4, 0.5) is 0 Å². The SMILES string of the molecule is Cc1ccc(C(=O)N/N=C/c2cccc(O)c2)cc1C. The first-order chi connectivity index (χ1) is 9.56. The minimum atomic E-state index is -0.260. The predicted octanol–water partition coefficient (Wildman–Crippen LogP) is 2.77. The van der Waals surface area contributed by atoms with Gasteiger partial charge in [0.25, 0.3) is 5.91 Å². The van der Waals surface area contributed by atoms with Gasteiger partial charge in [-0.25, -0.2) is 5.43 Å². The Morgan fingerprint density at radius 2 is 1.95 bits per heavy atom. The molecule has 2 aromatic rings. The highest BCUT2D eigenvalue weighted by molar-refractivity contribution is 5.95. The van der Waals surface area contributed by atoms with Crippen LogP contribution >= 0.6 is 0 Å². The Balaban J connectivity index is 2.03. The van der Waals surface area contributed by atoms with Gasteiger partial charge in [-0.15, -0.1) is 0 Å². The second-order valence-corrected chi connectivity index (χ2v) is 4.59. The fraction of sp³-hybridized carbons (Fsp3) is 0.125. The molecule has 0 aliphatic carbocycles. The van der Waals surface area contributed by atoms with E-state index in [1.54, 1.807) is 30.3 Å². The third-order valence-electron chi connectivity index (χ3n) is 3.02. The molecule has 1 amide bonds. The molecular formula is C16H16N2O2. The Bertz CT molecular complexity index is 663. The molecule has 20 heavy (non-hydrogen) atoms. The first-order valence-electron chi connectivity index (χ1n) is 6.26. The Hall–Kier alpha value is -2.62. The molecule has 4 nitrogen and oxygen atoms in total. The van der Waals surface area contributed by atoms with Crippen molar-refractivity contribution in [3.8, 4) is 5.75 Å². The van der Waals surface area contributed by atoms with Crippen molar-refractivity contribution in [3.63, 3.8) is 0 Å². The highest BCUT2D eigenvalue weighted by Crippen LogP contribution is 2.10. The zero-order valence-electron chi connectivity index (χ0n) is 11.4. The van der Waals surface area contributed by atoms with Gasteiger partial charge in [-0.1, -0.05) is 18.2 Å². The number of carbonyl (C=O) groups excluding carboxylic acids is 1. The average molecular weight is 268 g/mol. The molecule has 102 valence electrons. The molecule has 0 aromatic heterocycles. The van der Waals surface area contributed by atoms with Gasteiger partial charge in [0.1, 0.15) is 5.75 Å². The van der Waals surface area contributed by atoms with Crippen molar-refractivity contribution < 1.29 is 9.90 Å². The van der Waals surface area contributed by atoms with Gasteiger partial charge in [0.15, 0.2) is 0 Å². The Morgan fingerprint density at radius 3 is 2.65 bits per heavy atom. The largest absolute Gasteiger partial charge is 0.508 e. The molecule has 0 fully saturated rings. The van der Waals surface area contributed by atoms with Gasteiger partial charge >= 0.3 is 0 Å². The van der Waals surface area contributed by atoms with Crippen LogP contribution in [0.2, 0.25) is 0 Å². The van der Waals surface area contributed by atoms with Crippen molar-refractivity contribution in [1.29, 1.82) is 0 Å². The molecule has 0 aliphatic rings. The van der Waals surface area contributed by atoms with Crippen LogP contribution in [0.1, 0.15) is 27.0 Å². The minimum Gasteiger partial charge on any atom is -0.508 e. The summed E-state index contributed by atoms with van der Waals surface area (Å²) in [7, 11) is 0. The zero-order chi connectivity index (χ0) is 14.5. The molecule has 2 rings (SSSR count). The second kappa shape index (κ2) is 6.02. The number of hydrazone groups is 1. The second-order valence-electron chi connectivity index (χ2n) is 4.59. The number of phenols is 1. The molecule has 0 heterocycles. The number of carbonyl (C=O) groups is 1. The average Bonchev–Trinajstić information content (AvgIpc) is 2.42. The van der Waals surface area contributed by atoms with E-state index in [4.69, 9.17) is 0 Å². The third-order valence-corrected chi connectivity index (χ3v) is 3.02. The fourth-order valence-corrected chi connectivity index (χ4v) is 1.72. The molecule has 0 bridgehead atoms. The first-order valence-corrected chi connectivity index (χ1v) is 6.26. The summed E-state index contributed by atoms with van der Waals surface area (Å²) >= 11 is 0. The maximum atomic E-state index is 11.9. The van der Waals surface area contributed by atoms with Crippen LogP contribution in [0.25, 0.3) is 0 Å². The van der Waals surface area contributed by atoms with Crippen LogP contribution in [0.3, 0.4) is 0 Å². The molecular weight excluding hydrogens is 252 g/mol. The van der Waals surface area contributed by atoms with Crippen LogP contribution < -0.4 is 5.43 Å². The molecule has 0 aliphatic heterocycles. The molecule has 0 radical (unpaired) electrons. The van der Waals surface area contributed by atoms with Gasteiger partial charge in [0.2, 0.25) is 0 Å². The predicted molar refractivity (Wildman–Crippen MR) is 79.1 cm³/mol. The molecule has 0 spiro atoms. The molecule has 0 unspecified atom stereocenters. The monoisotopic (exact) mass is 268 g/mol. The van der Waals surface area contributed by atoms with Crippen LogP contribution in [0.15, 0.2) is 47.6 Å². The fourth-order valence-electron chi connectivity index (χ4n) is 1.72. The molecule has 2 N–H and O–H groups in total. The van der Waals surface area contributed by atoms with Gasteiger partial charge < -0.3 is 5.11 Å². The molecule has 0 saturated carbocycles. The third kappa shape index (κ3) is 3.45. The van der Waals surface area contributed by atoms with E-state index in [0.717, 1.165) is 11.1 Å². The lowest BCUT2D eigenvalue weighted by atomic mass is 10.1. The lowest BCUT2D eigenvalue weighted by Crippen LogP contribution is -2.17. The molecule has 0 atom stereocenters. The Kier molecular flexibility index (Phi) is 4.15. The molecule has 0 saturated heterocycles. The number of phenolic OH excluding ortho intramolecular Hbond substituents is 1. The van der Waals surface area contributed by atoms with Crippen LogP contribution in [-0.4, -0.2) is 17.2 Å². The summed E-state index contributed by atoms with van der Waals surface area (Å²) in [6.07, 6.45) is 1.48. The van der Waals surface area contributed by atoms with Crippen LogP contribution in [-0.2, 0) is 0 Å². The summed E-state index contributed by atoms with van der Waals surface area (Å²) < 4.78 is 0. The summed E-state index contributed by atoms with van der Waals surface area (Å²) in [5.74, 6) is -0.0982.